The van der Waals surface area contributed by atoms with Gasteiger partial charge in [0.15, 0.2) is 0 Å². The van der Waals surface area contributed by atoms with Gasteiger partial charge in [-0.25, -0.2) is 0 Å². The molecule has 3 nitrogen and oxygen atoms in total. The van der Waals surface area contributed by atoms with Crippen LogP contribution >= 0.6 is 0 Å². The number of carbonyl (C=O) groups is 1. The standard InChI is InChI=1S/C19H23NO2/c1-16(2)20(15-17-9-5-3-6-10-17)19(21)13-14-22-18-11-7-4-8-12-18/h3-12,16H,13-15H2,1-2H3. The zero-order valence-electron chi connectivity index (χ0n) is 13.2. The Balaban J connectivity index is 1.87. The van der Waals surface area contributed by atoms with Crippen LogP contribution in [0, 0.1) is 0 Å². The van der Waals surface area contributed by atoms with Crippen LogP contribution in [0.3, 0.4) is 0 Å². The SMILES string of the molecule is CC(C)N(Cc1ccccc1)C(=O)CCOc1ccccc1. The number of ether oxygens (including phenoxy) is 1. The summed E-state index contributed by atoms with van der Waals surface area (Å²) >= 11 is 0. The van der Waals surface area contributed by atoms with Gasteiger partial charge in [-0.15, -0.1) is 0 Å². The number of para-hydroxylation sites is 1. The summed E-state index contributed by atoms with van der Waals surface area (Å²) in [7, 11) is 0. The summed E-state index contributed by atoms with van der Waals surface area (Å²) in [4.78, 5) is 14.3. The Hall–Kier alpha value is -2.29. The summed E-state index contributed by atoms with van der Waals surface area (Å²) in [5, 5.41) is 0. The fraction of sp³-hybridized carbons (Fsp3) is 0.316. The summed E-state index contributed by atoms with van der Waals surface area (Å²) in [5.74, 6) is 0.921. The first-order valence-electron chi connectivity index (χ1n) is 7.68. The average molecular weight is 297 g/mol. The van der Waals surface area contributed by atoms with Gasteiger partial charge in [0, 0.05) is 12.6 Å². The molecule has 0 bridgehead atoms. The molecule has 0 aliphatic heterocycles. The first-order valence-corrected chi connectivity index (χ1v) is 7.68. The molecule has 0 fully saturated rings. The van der Waals surface area contributed by atoms with E-state index in [1.165, 1.54) is 0 Å². The maximum absolute atomic E-state index is 12.4. The van der Waals surface area contributed by atoms with Crippen LogP contribution < -0.4 is 4.74 Å². The van der Waals surface area contributed by atoms with Gasteiger partial charge in [0.1, 0.15) is 5.75 Å². The minimum atomic E-state index is 0.120. The topological polar surface area (TPSA) is 29.5 Å². The molecule has 0 aromatic heterocycles. The van der Waals surface area contributed by atoms with Crippen LogP contribution in [0.5, 0.6) is 5.75 Å². The Labute approximate surface area is 132 Å². The molecule has 2 aromatic rings. The summed E-state index contributed by atoms with van der Waals surface area (Å²) in [6, 6.07) is 19.8. The highest BCUT2D eigenvalue weighted by molar-refractivity contribution is 5.76. The normalized spacial score (nSPS) is 10.5. The lowest BCUT2D eigenvalue weighted by molar-refractivity contribution is -0.134. The number of benzene rings is 2. The zero-order chi connectivity index (χ0) is 15.8. The number of rotatable bonds is 7. The van der Waals surface area contributed by atoms with E-state index in [9.17, 15) is 4.79 Å². The van der Waals surface area contributed by atoms with Crippen molar-refractivity contribution in [3.8, 4) is 5.75 Å². The molecule has 22 heavy (non-hydrogen) atoms. The fourth-order valence-electron chi connectivity index (χ4n) is 2.26. The highest BCUT2D eigenvalue weighted by atomic mass is 16.5. The molecule has 0 saturated carbocycles. The number of amides is 1. The van der Waals surface area contributed by atoms with E-state index in [-0.39, 0.29) is 11.9 Å². The summed E-state index contributed by atoms with van der Waals surface area (Å²) < 4.78 is 5.61. The monoisotopic (exact) mass is 297 g/mol. The van der Waals surface area contributed by atoms with Crippen molar-refractivity contribution in [2.45, 2.75) is 32.9 Å². The molecule has 0 aliphatic carbocycles. The molecule has 2 rings (SSSR count). The minimum absolute atomic E-state index is 0.120. The van der Waals surface area contributed by atoms with Crippen molar-refractivity contribution in [1.82, 2.24) is 4.90 Å². The molecule has 0 atom stereocenters. The Morgan fingerprint density at radius 1 is 1.00 bits per heavy atom. The van der Waals surface area contributed by atoms with Crippen LogP contribution in [0.2, 0.25) is 0 Å². The van der Waals surface area contributed by atoms with Crippen LogP contribution in [0.15, 0.2) is 60.7 Å². The van der Waals surface area contributed by atoms with Gasteiger partial charge >= 0.3 is 0 Å². The van der Waals surface area contributed by atoms with E-state index in [1.54, 1.807) is 0 Å². The minimum Gasteiger partial charge on any atom is -0.493 e. The Morgan fingerprint density at radius 2 is 1.59 bits per heavy atom. The zero-order valence-corrected chi connectivity index (χ0v) is 13.2. The molecular formula is C19H23NO2. The van der Waals surface area contributed by atoms with Gasteiger partial charge in [0.25, 0.3) is 0 Å². The van der Waals surface area contributed by atoms with Crippen molar-refractivity contribution in [2.24, 2.45) is 0 Å². The van der Waals surface area contributed by atoms with Gasteiger partial charge in [0.05, 0.1) is 13.0 Å². The molecule has 0 unspecified atom stereocenters. The maximum Gasteiger partial charge on any atom is 0.226 e. The van der Waals surface area contributed by atoms with Crippen molar-refractivity contribution in [3.05, 3.63) is 66.2 Å². The third kappa shape index (κ3) is 4.92. The Bertz CT molecular complexity index is 567. The second-order valence-corrected chi connectivity index (χ2v) is 5.51. The largest absolute Gasteiger partial charge is 0.493 e. The Kier molecular flexibility index (Phi) is 6.01. The summed E-state index contributed by atoms with van der Waals surface area (Å²) in [6.45, 7) is 5.13. The maximum atomic E-state index is 12.4. The van der Waals surface area contributed by atoms with Crippen LogP contribution in [-0.2, 0) is 11.3 Å². The first kappa shape index (κ1) is 16.1. The lowest BCUT2D eigenvalue weighted by Gasteiger charge is -2.27. The smallest absolute Gasteiger partial charge is 0.226 e. The molecule has 0 radical (unpaired) electrons. The van der Waals surface area contributed by atoms with E-state index in [0.717, 1.165) is 11.3 Å². The third-order valence-corrected chi connectivity index (χ3v) is 3.47. The highest BCUT2D eigenvalue weighted by Gasteiger charge is 2.17. The van der Waals surface area contributed by atoms with Gasteiger partial charge in [0.2, 0.25) is 5.91 Å². The van der Waals surface area contributed by atoms with E-state index >= 15 is 0 Å². The molecule has 0 spiro atoms. The quantitative estimate of drug-likeness (QED) is 0.776. The van der Waals surface area contributed by atoms with Gasteiger partial charge < -0.3 is 9.64 Å². The predicted molar refractivity (Wildman–Crippen MR) is 88.7 cm³/mol. The molecule has 1 amide bonds. The second-order valence-electron chi connectivity index (χ2n) is 5.51. The van der Waals surface area contributed by atoms with Crippen molar-refractivity contribution in [2.75, 3.05) is 6.61 Å². The number of carbonyl (C=O) groups excluding carboxylic acids is 1. The fourth-order valence-corrected chi connectivity index (χ4v) is 2.26. The summed E-state index contributed by atoms with van der Waals surface area (Å²) in [6.07, 6.45) is 0.389. The number of hydrogen-bond acceptors (Lipinski definition) is 2. The van der Waals surface area contributed by atoms with Gasteiger partial charge in [-0.05, 0) is 31.5 Å². The van der Waals surface area contributed by atoms with Crippen molar-refractivity contribution < 1.29 is 9.53 Å². The van der Waals surface area contributed by atoms with Crippen LogP contribution in [0.1, 0.15) is 25.8 Å². The van der Waals surface area contributed by atoms with Crippen molar-refractivity contribution in [1.29, 1.82) is 0 Å². The lowest BCUT2D eigenvalue weighted by atomic mass is 10.2. The lowest BCUT2D eigenvalue weighted by Crippen LogP contribution is -2.37. The van der Waals surface area contributed by atoms with Gasteiger partial charge in [-0.1, -0.05) is 48.5 Å². The van der Waals surface area contributed by atoms with Gasteiger partial charge in [-0.3, -0.25) is 4.79 Å². The highest BCUT2D eigenvalue weighted by Crippen LogP contribution is 2.12. The van der Waals surface area contributed by atoms with E-state index in [2.05, 4.69) is 0 Å². The van der Waals surface area contributed by atoms with E-state index in [0.29, 0.717) is 19.6 Å². The molecule has 116 valence electrons. The number of nitrogens with zero attached hydrogens (tertiary/aromatic N) is 1. The van der Waals surface area contributed by atoms with Crippen LogP contribution in [0.25, 0.3) is 0 Å². The van der Waals surface area contributed by atoms with Gasteiger partial charge in [-0.2, -0.15) is 0 Å². The first-order chi connectivity index (χ1) is 10.7. The molecule has 0 N–H and O–H groups in total. The molecular weight excluding hydrogens is 274 g/mol. The third-order valence-electron chi connectivity index (χ3n) is 3.47. The summed E-state index contributed by atoms with van der Waals surface area (Å²) in [5.41, 5.74) is 1.15. The molecule has 0 heterocycles. The van der Waals surface area contributed by atoms with E-state index < -0.39 is 0 Å². The number of hydrogen-bond donors (Lipinski definition) is 0. The second kappa shape index (κ2) is 8.23. The average Bonchev–Trinajstić information content (AvgIpc) is 2.54. The Morgan fingerprint density at radius 3 is 2.18 bits per heavy atom. The van der Waals surface area contributed by atoms with E-state index in [4.69, 9.17) is 4.74 Å². The van der Waals surface area contributed by atoms with E-state index in [1.807, 2.05) is 79.4 Å². The molecule has 3 heteroatoms. The molecule has 2 aromatic carbocycles. The molecule has 0 aliphatic rings. The van der Waals surface area contributed by atoms with Crippen LogP contribution in [0.4, 0.5) is 0 Å². The van der Waals surface area contributed by atoms with Crippen LogP contribution in [-0.4, -0.2) is 23.5 Å². The van der Waals surface area contributed by atoms with Crippen molar-refractivity contribution >= 4 is 5.91 Å². The van der Waals surface area contributed by atoms with Crippen molar-refractivity contribution in [3.63, 3.8) is 0 Å². The predicted octanol–water partition coefficient (Wildman–Crippen LogP) is 3.89. The molecule has 0 saturated heterocycles.